The van der Waals surface area contributed by atoms with Crippen LogP contribution in [0, 0.1) is 22.2 Å². The molecule has 2 N–H and O–H groups in total. The number of unbranched alkanes of at least 4 members (excludes halogenated alkanes) is 2. The van der Waals surface area contributed by atoms with E-state index in [4.69, 9.17) is 26.1 Å². The van der Waals surface area contributed by atoms with Crippen molar-refractivity contribution < 1.29 is 33.4 Å². The van der Waals surface area contributed by atoms with Crippen LogP contribution in [-0.4, -0.2) is 88.7 Å². The van der Waals surface area contributed by atoms with Crippen LogP contribution in [-0.2, 0) is 9.59 Å². The largest absolute Gasteiger partial charge is 0.494 e. The number of ether oxygens (including phenoxy) is 2. The van der Waals surface area contributed by atoms with Gasteiger partial charge in [-0.15, -0.1) is 0 Å². The Kier molecular flexibility index (Phi) is 11.6. The highest BCUT2D eigenvalue weighted by atomic mass is 35.5. The third kappa shape index (κ3) is 8.05. The molecule has 3 aliphatic heterocycles. The number of amides is 5. The second kappa shape index (κ2) is 16.5. The molecule has 4 aliphatic rings. The molecule has 7 rings (SSSR count). The number of nitrogens with one attached hydrogen (secondary N) is 2. The van der Waals surface area contributed by atoms with Crippen LogP contribution in [0.3, 0.4) is 0 Å². The van der Waals surface area contributed by atoms with E-state index in [1.54, 1.807) is 42.6 Å². The quantitative estimate of drug-likeness (QED) is 0.153. The van der Waals surface area contributed by atoms with Gasteiger partial charge in [-0.05, 0) is 101 Å². The van der Waals surface area contributed by atoms with Crippen LogP contribution in [0.4, 0.5) is 0 Å². The maximum absolute atomic E-state index is 13.4. The molecule has 5 amide bonds. The minimum Gasteiger partial charge on any atom is -0.494 e. The minimum atomic E-state index is -0.997. The van der Waals surface area contributed by atoms with Crippen molar-refractivity contribution in [3.63, 3.8) is 0 Å². The van der Waals surface area contributed by atoms with Gasteiger partial charge < -0.3 is 19.7 Å². The van der Waals surface area contributed by atoms with E-state index in [0.717, 1.165) is 62.3 Å². The summed E-state index contributed by atoms with van der Waals surface area (Å²) in [5.74, 6) is -0.868. The highest BCUT2D eigenvalue weighted by molar-refractivity contribution is 6.31. The van der Waals surface area contributed by atoms with Crippen molar-refractivity contribution in [3.05, 3.63) is 87.7 Å². The van der Waals surface area contributed by atoms with E-state index in [-0.39, 0.29) is 52.9 Å². The number of likely N-dealkylation sites (tertiary alicyclic amines) is 1. The van der Waals surface area contributed by atoms with Crippen molar-refractivity contribution in [2.24, 2.45) is 10.8 Å². The number of aromatic nitrogens is 1. The fourth-order valence-electron chi connectivity index (χ4n) is 9.39. The van der Waals surface area contributed by atoms with Crippen molar-refractivity contribution in [2.45, 2.75) is 96.7 Å². The van der Waals surface area contributed by atoms with E-state index in [9.17, 15) is 29.2 Å². The fourth-order valence-corrected chi connectivity index (χ4v) is 9.60. The maximum Gasteiger partial charge on any atom is 0.262 e. The molecule has 14 heteroatoms. The Hall–Kier alpha value is -5.32. The number of carbonyl (C=O) groups excluding carboxylic acids is 5. The molecule has 1 atom stereocenters. The number of imide groups is 2. The summed E-state index contributed by atoms with van der Waals surface area (Å²) in [4.78, 5) is 71.5. The smallest absolute Gasteiger partial charge is 0.262 e. The second-order valence-electron chi connectivity index (χ2n) is 17.0. The van der Waals surface area contributed by atoms with Crippen molar-refractivity contribution in [3.8, 4) is 17.6 Å². The van der Waals surface area contributed by atoms with Gasteiger partial charge in [0.2, 0.25) is 11.8 Å². The second-order valence-corrected chi connectivity index (χ2v) is 17.4. The van der Waals surface area contributed by atoms with Crippen molar-refractivity contribution in [1.82, 2.24) is 25.4 Å². The first-order valence-electron chi connectivity index (χ1n) is 20.0. The third-order valence-electron chi connectivity index (χ3n) is 12.3. The number of benzene rings is 2. The number of halogens is 1. The molecular weight excluding hydrogens is 760 g/mol. The lowest BCUT2D eigenvalue weighted by Crippen LogP contribution is -2.74. The Morgan fingerprint density at radius 1 is 0.931 bits per heavy atom. The van der Waals surface area contributed by atoms with E-state index < -0.39 is 29.7 Å². The van der Waals surface area contributed by atoms with Crippen LogP contribution in [0.15, 0.2) is 54.7 Å². The lowest BCUT2D eigenvalue weighted by atomic mass is 9.49. The van der Waals surface area contributed by atoms with Gasteiger partial charge in [-0.3, -0.25) is 39.2 Å². The molecular formula is C44H49ClN6O7. The predicted molar refractivity (Wildman–Crippen MR) is 215 cm³/mol. The van der Waals surface area contributed by atoms with Gasteiger partial charge in [0.25, 0.3) is 17.7 Å². The number of fused-ring (bicyclic) bond motifs is 1. The molecule has 304 valence electrons. The molecule has 4 heterocycles. The van der Waals surface area contributed by atoms with Crippen LogP contribution < -0.4 is 20.1 Å². The van der Waals surface area contributed by atoms with Crippen LogP contribution in [0.25, 0.3) is 0 Å². The number of nitriles is 1. The molecule has 3 fully saturated rings. The predicted octanol–water partition coefficient (Wildman–Crippen LogP) is 6.05. The van der Waals surface area contributed by atoms with Crippen molar-refractivity contribution in [2.75, 3.05) is 26.2 Å². The van der Waals surface area contributed by atoms with Gasteiger partial charge in [-0.2, -0.15) is 5.26 Å². The number of pyridine rings is 1. The number of carbonyl (C=O) groups is 5. The zero-order chi connectivity index (χ0) is 41.4. The summed E-state index contributed by atoms with van der Waals surface area (Å²) in [5, 5.41) is 15.0. The topological polar surface area (TPSA) is 171 Å². The van der Waals surface area contributed by atoms with Crippen molar-refractivity contribution in [1.29, 1.82) is 5.26 Å². The first-order valence-corrected chi connectivity index (χ1v) is 20.4. The Labute approximate surface area is 343 Å². The molecule has 13 nitrogen and oxygen atoms in total. The molecule has 0 radical (unpaired) electrons. The first kappa shape index (κ1) is 40.9. The van der Waals surface area contributed by atoms with E-state index in [0.29, 0.717) is 40.2 Å². The van der Waals surface area contributed by atoms with Gasteiger partial charge >= 0.3 is 0 Å². The number of nitrogens with zero attached hydrogens (tertiary/aromatic N) is 4. The summed E-state index contributed by atoms with van der Waals surface area (Å²) in [6, 6.07) is 14.6. The summed E-state index contributed by atoms with van der Waals surface area (Å²) in [6.07, 6.45) is 6.52. The highest BCUT2D eigenvalue weighted by Crippen LogP contribution is 2.55. The summed E-state index contributed by atoms with van der Waals surface area (Å²) in [5.41, 5.74) is 1.63. The average Bonchev–Trinajstić information content (AvgIpc) is 3.45. The number of hydrogen-bond acceptors (Lipinski definition) is 10. The van der Waals surface area contributed by atoms with E-state index in [1.807, 2.05) is 12.1 Å². The zero-order valence-corrected chi connectivity index (χ0v) is 34.1. The molecule has 58 heavy (non-hydrogen) atoms. The standard InChI is InChI=1S/C44H49ClN6O7/c1-43(2)41(44(3,4)42(43)58-30-10-8-27(24-46)33(45)23-30)49-37(53)28-9-13-34(47-25-28)26-16-19-50(20-17-26)18-6-5-7-21-57-29-11-12-31-32(22-29)40(56)51(39(31)55)35-14-15-36(52)48-38(35)54/h8-13,22-23,25-26,35,41-42H,5-7,14-21H2,1-4H3,(H,49,53)(H,48,52,54). The Bertz CT molecular complexity index is 2140. The molecule has 1 aliphatic carbocycles. The SMILES string of the molecule is CC1(C)C(NC(=O)c2ccc(C3CCN(CCCCCOc4ccc5c(c4)C(=O)N(C4CCC(=O)NC4=O)C5=O)CC3)nc2)C(C)(C)C1Oc1ccc(C#N)c(Cl)c1. The average molecular weight is 809 g/mol. The molecule has 1 unspecified atom stereocenters. The molecule has 2 saturated heterocycles. The highest BCUT2D eigenvalue weighted by Gasteiger charge is 2.64. The fraction of sp³-hybridized carbons (Fsp3) is 0.477. The Balaban J connectivity index is 0.807. The maximum atomic E-state index is 13.4. The van der Waals surface area contributed by atoms with Crippen LogP contribution in [0.5, 0.6) is 11.5 Å². The molecule has 0 spiro atoms. The van der Waals surface area contributed by atoms with Gasteiger partial charge in [-0.25, -0.2) is 0 Å². The van der Waals surface area contributed by atoms with Gasteiger partial charge in [0.1, 0.15) is 29.7 Å². The van der Waals surface area contributed by atoms with E-state index in [1.165, 1.54) is 0 Å². The lowest BCUT2D eigenvalue weighted by molar-refractivity contribution is -0.164. The minimum absolute atomic E-state index is 0.0743. The number of hydrogen-bond donors (Lipinski definition) is 2. The van der Waals surface area contributed by atoms with E-state index >= 15 is 0 Å². The summed E-state index contributed by atoms with van der Waals surface area (Å²) < 4.78 is 12.3. The summed E-state index contributed by atoms with van der Waals surface area (Å²) in [7, 11) is 0. The number of rotatable bonds is 13. The van der Waals surface area contributed by atoms with Gasteiger partial charge in [-0.1, -0.05) is 39.3 Å². The van der Waals surface area contributed by atoms with Crippen LogP contribution in [0.1, 0.15) is 121 Å². The Morgan fingerprint density at radius 2 is 1.66 bits per heavy atom. The number of piperidine rings is 2. The Morgan fingerprint density at radius 3 is 2.33 bits per heavy atom. The van der Waals surface area contributed by atoms with Crippen LogP contribution in [0.2, 0.25) is 5.02 Å². The van der Waals surface area contributed by atoms with Gasteiger partial charge in [0.05, 0.1) is 33.9 Å². The summed E-state index contributed by atoms with van der Waals surface area (Å²) in [6.45, 7) is 11.7. The van der Waals surface area contributed by atoms with Gasteiger partial charge in [0.15, 0.2) is 0 Å². The van der Waals surface area contributed by atoms with Gasteiger partial charge in [0, 0.05) is 47.2 Å². The zero-order valence-electron chi connectivity index (χ0n) is 33.3. The molecule has 2 aromatic carbocycles. The third-order valence-corrected chi connectivity index (χ3v) is 12.6. The molecule has 1 saturated carbocycles. The monoisotopic (exact) mass is 808 g/mol. The molecule has 3 aromatic rings. The lowest BCUT2D eigenvalue weighted by Gasteiger charge is -2.63. The summed E-state index contributed by atoms with van der Waals surface area (Å²) >= 11 is 6.24. The van der Waals surface area contributed by atoms with E-state index in [2.05, 4.69) is 49.3 Å². The normalized spacial score (nSPS) is 22.8. The first-order chi connectivity index (χ1) is 27.7. The van der Waals surface area contributed by atoms with Crippen LogP contribution >= 0.6 is 11.6 Å². The molecule has 0 bridgehead atoms. The molecule has 1 aromatic heterocycles. The van der Waals surface area contributed by atoms with Crippen molar-refractivity contribution >= 4 is 41.1 Å².